The molecular weight excluding hydrogens is 524 g/mol. The molecule has 0 fully saturated rings. The number of rotatable bonds is 6. The molecule has 0 saturated carbocycles. The van der Waals surface area contributed by atoms with Gasteiger partial charge in [-0.25, -0.2) is 4.79 Å². The quantitative estimate of drug-likeness (QED) is 0.159. The fourth-order valence-corrected chi connectivity index (χ4v) is 5.37. The van der Waals surface area contributed by atoms with Gasteiger partial charge in [0.1, 0.15) is 23.7 Å². The van der Waals surface area contributed by atoms with Crippen LogP contribution in [0.4, 0.5) is 0 Å². The highest BCUT2D eigenvalue weighted by molar-refractivity contribution is 6.14. The van der Waals surface area contributed by atoms with Crippen molar-refractivity contribution in [1.82, 2.24) is 0 Å². The van der Waals surface area contributed by atoms with Gasteiger partial charge in [-0.15, -0.1) is 0 Å². The van der Waals surface area contributed by atoms with Crippen molar-refractivity contribution in [2.75, 3.05) is 0 Å². The first kappa shape index (κ1) is 26.9. The Hall–Kier alpha value is -5.29. The molecule has 0 amide bonds. The minimum absolute atomic E-state index is 0.00123. The van der Waals surface area contributed by atoms with Crippen LogP contribution in [0.5, 0.6) is 23.0 Å². The maximum atomic E-state index is 13.6. The van der Waals surface area contributed by atoms with Gasteiger partial charge < -0.3 is 19.7 Å². The molecule has 0 radical (unpaired) electrons. The largest absolute Gasteiger partial charge is 0.506 e. The lowest BCUT2D eigenvalue weighted by molar-refractivity contribution is 0.0732. The highest BCUT2D eigenvalue weighted by atomic mass is 16.5. The topological polar surface area (TPSA) is 76.0 Å². The van der Waals surface area contributed by atoms with Crippen LogP contribution < -0.4 is 9.47 Å². The van der Waals surface area contributed by atoms with Crippen LogP contribution in [0.3, 0.4) is 0 Å². The lowest BCUT2D eigenvalue weighted by Gasteiger charge is -2.19. The van der Waals surface area contributed by atoms with Crippen molar-refractivity contribution >= 4 is 27.5 Å². The average molecular weight is 555 g/mol. The molecule has 42 heavy (non-hydrogen) atoms. The molecule has 0 aromatic heterocycles. The van der Waals surface area contributed by atoms with E-state index in [-0.39, 0.29) is 29.4 Å². The summed E-state index contributed by atoms with van der Waals surface area (Å²) in [7, 11) is 0. The first-order valence-corrected chi connectivity index (χ1v) is 13.8. The van der Waals surface area contributed by atoms with E-state index in [9.17, 15) is 15.0 Å². The number of hydrogen-bond donors (Lipinski definition) is 2. The van der Waals surface area contributed by atoms with Crippen LogP contribution in [0.15, 0.2) is 103 Å². The number of hydrogen-bond acceptors (Lipinski definition) is 5. The highest BCUT2D eigenvalue weighted by Crippen LogP contribution is 2.49. The van der Waals surface area contributed by atoms with Crippen LogP contribution >= 0.6 is 0 Å². The van der Waals surface area contributed by atoms with Gasteiger partial charge in [0.25, 0.3) is 0 Å². The molecule has 6 aromatic carbocycles. The van der Waals surface area contributed by atoms with Gasteiger partial charge in [0, 0.05) is 11.1 Å². The van der Waals surface area contributed by atoms with E-state index in [4.69, 9.17) is 9.47 Å². The predicted octanol–water partition coefficient (Wildman–Crippen LogP) is 8.79. The Balaban J connectivity index is 1.53. The van der Waals surface area contributed by atoms with Crippen molar-refractivity contribution < 1.29 is 24.5 Å². The number of aryl methyl sites for hydroxylation is 2. The molecule has 0 saturated heterocycles. The van der Waals surface area contributed by atoms with Crippen LogP contribution in [-0.4, -0.2) is 16.2 Å². The molecular formula is C37H30O5. The fourth-order valence-electron chi connectivity index (χ4n) is 5.37. The van der Waals surface area contributed by atoms with Crippen LogP contribution in [0.2, 0.25) is 0 Å². The van der Waals surface area contributed by atoms with Crippen LogP contribution in [0, 0.1) is 20.8 Å². The van der Waals surface area contributed by atoms with Crippen LogP contribution in [-0.2, 0) is 6.61 Å². The number of esters is 1. The fraction of sp³-hybridized carbons (Fsp3) is 0.108. The SMILES string of the molecule is Cc1cc(OC(=O)c2cc3ccccc3c(-c3c(O)c(OCc4ccccc4)cc4ccccc34)c2O)cc(C)c1C. The molecule has 2 N–H and O–H groups in total. The number of carbonyl (C=O) groups is 1. The highest BCUT2D eigenvalue weighted by Gasteiger charge is 2.26. The molecule has 0 aliphatic rings. The third-order valence-corrected chi connectivity index (χ3v) is 7.83. The van der Waals surface area contributed by atoms with Crippen LogP contribution in [0.25, 0.3) is 32.7 Å². The van der Waals surface area contributed by atoms with E-state index in [1.54, 1.807) is 12.1 Å². The average Bonchev–Trinajstić information content (AvgIpc) is 2.99. The number of benzene rings is 6. The Morgan fingerprint density at radius 2 is 1.21 bits per heavy atom. The van der Waals surface area contributed by atoms with Gasteiger partial charge in [-0.2, -0.15) is 0 Å². The molecule has 0 aliphatic carbocycles. The minimum Gasteiger partial charge on any atom is -0.506 e. The summed E-state index contributed by atoms with van der Waals surface area (Å²) in [5.41, 5.74) is 4.79. The molecule has 0 spiro atoms. The maximum absolute atomic E-state index is 13.6. The number of phenols is 2. The normalized spacial score (nSPS) is 11.1. The van der Waals surface area contributed by atoms with Gasteiger partial charge >= 0.3 is 5.97 Å². The second-order valence-electron chi connectivity index (χ2n) is 10.5. The first-order valence-electron chi connectivity index (χ1n) is 13.8. The Kier molecular flexibility index (Phi) is 7.01. The van der Waals surface area contributed by atoms with E-state index in [0.29, 0.717) is 33.0 Å². The minimum atomic E-state index is -0.692. The Labute approximate surface area is 244 Å². The molecule has 5 nitrogen and oxygen atoms in total. The summed E-state index contributed by atoms with van der Waals surface area (Å²) in [5, 5.41) is 26.4. The van der Waals surface area contributed by atoms with Gasteiger partial charge in [0.15, 0.2) is 11.5 Å². The molecule has 0 heterocycles. The number of ether oxygens (including phenoxy) is 2. The van der Waals surface area contributed by atoms with Crippen molar-refractivity contribution in [3.8, 4) is 34.1 Å². The van der Waals surface area contributed by atoms with Gasteiger partial charge in [-0.05, 0) is 88.8 Å². The van der Waals surface area contributed by atoms with Crippen molar-refractivity contribution in [3.63, 3.8) is 0 Å². The number of carbonyl (C=O) groups excluding carboxylic acids is 1. The number of fused-ring (bicyclic) bond motifs is 2. The van der Waals surface area contributed by atoms with Gasteiger partial charge in [0.2, 0.25) is 0 Å². The van der Waals surface area contributed by atoms with E-state index in [1.807, 2.05) is 112 Å². The number of aromatic hydroxyl groups is 2. The van der Waals surface area contributed by atoms with Gasteiger partial charge in [-0.1, -0.05) is 78.9 Å². The second-order valence-corrected chi connectivity index (χ2v) is 10.5. The summed E-state index contributed by atoms with van der Waals surface area (Å²) in [5.74, 6) is -0.420. The Morgan fingerprint density at radius 3 is 1.86 bits per heavy atom. The lowest BCUT2D eigenvalue weighted by Crippen LogP contribution is -2.10. The second kappa shape index (κ2) is 10.9. The zero-order valence-corrected chi connectivity index (χ0v) is 23.6. The summed E-state index contributed by atoms with van der Waals surface area (Å²) >= 11 is 0. The Bertz CT molecular complexity index is 1950. The van der Waals surface area contributed by atoms with Crippen molar-refractivity contribution in [3.05, 3.63) is 131 Å². The molecule has 0 atom stereocenters. The smallest absolute Gasteiger partial charge is 0.347 e. The van der Waals surface area contributed by atoms with Gasteiger partial charge in [0.05, 0.1) is 0 Å². The number of phenolic OH excluding ortho intramolecular Hbond substituents is 2. The molecule has 5 heteroatoms. The van der Waals surface area contributed by atoms with Crippen molar-refractivity contribution in [1.29, 1.82) is 0 Å². The molecule has 0 aliphatic heterocycles. The summed E-state index contributed by atoms with van der Waals surface area (Å²) < 4.78 is 11.9. The van der Waals surface area contributed by atoms with Crippen LogP contribution in [0.1, 0.15) is 32.6 Å². The van der Waals surface area contributed by atoms with E-state index in [0.717, 1.165) is 27.6 Å². The summed E-state index contributed by atoms with van der Waals surface area (Å²) in [6, 6.07) is 31.7. The van der Waals surface area contributed by atoms with Crippen molar-refractivity contribution in [2.45, 2.75) is 27.4 Å². The summed E-state index contributed by atoms with van der Waals surface area (Å²) in [6.07, 6.45) is 0. The molecule has 208 valence electrons. The first-order chi connectivity index (χ1) is 20.3. The van der Waals surface area contributed by atoms with E-state index in [2.05, 4.69) is 0 Å². The summed E-state index contributed by atoms with van der Waals surface area (Å²) in [6.45, 7) is 6.20. The maximum Gasteiger partial charge on any atom is 0.347 e. The standard InChI is InChI=1S/C37H30O5/c1-22-17-28(18-23(2)24(22)3)42-37(40)31-19-26-13-7-9-15-29(26)33(35(31)38)34-30-16-10-8-14-27(30)20-32(36(34)39)41-21-25-11-5-4-6-12-25/h4-20,38-39H,21H2,1-3H3. The third kappa shape index (κ3) is 4.90. The Morgan fingerprint density at radius 1 is 0.667 bits per heavy atom. The molecule has 0 bridgehead atoms. The van der Waals surface area contributed by atoms with Crippen molar-refractivity contribution in [2.24, 2.45) is 0 Å². The zero-order valence-electron chi connectivity index (χ0n) is 23.6. The molecule has 0 unspecified atom stereocenters. The van der Waals surface area contributed by atoms with E-state index < -0.39 is 5.97 Å². The predicted molar refractivity (Wildman–Crippen MR) is 167 cm³/mol. The lowest BCUT2D eigenvalue weighted by atomic mass is 9.90. The van der Waals surface area contributed by atoms with E-state index >= 15 is 0 Å². The molecule has 6 aromatic rings. The third-order valence-electron chi connectivity index (χ3n) is 7.83. The van der Waals surface area contributed by atoms with Gasteiger partial charge in [-0.3, -0.25) is 0 Å². The summed E-state index contributed by atoms with van der Waals surface area (Å²) in [4.78, 5) is 13.6. The zero-order chi connectivity index (χ0) is 29.4. The van der Waals surface area contributed by atoms with E-state index in [1.165, 1.54) is 0 Å². The molecule has 6 rings (SSSR count). The monoisotopic (exact) mass is 554 g/mol.